The number of hydrogen-bond donors (Lipinski definition) is 1. The number of benzene rings is 1. The van der Waals surface area contributed by atoms with Crippen LogP contribution in [0.15, 0.2) is 24.4 Å². The molecule has 1 aliphatic rings. The first-order valence-electron chi connectivity index (χ1n) is 6.71. The molecule has 5 nitrogen and oxygen atoms in total. The van der Waals surface area contributed by atoms with Crippen LogP contribution in [0.5, 0.6) is 5.75 Å². The highest BCUT2D eigenvalue weighted by atomic mass is 35.5. The van der Waals surface area contributed by atoms with Crippen molar-refractivity contribution >= 4 is 33.0 Å². The summed E-state index contributed by atoms with van der Waals surface area (Å²) in [5.41, 5.74) is 2.06. The zero-order valence-corrected chi connectivity index (χ0v) is 12.9. The average Bonchev–Trinajstić information content (AvgIpc) is 2.96. The molecule has 3 heterocycles. The number of halogens is 1. The van der Waals surface area contributed by atoms with Gasteiger partial charge in [0.15, 0.2) is 0 Å². The molecule has 1 N–H and O–H groups in total. The highest BCUT2D eigenvalue weighted by Crippen LogP contribution is 2.39. The summed E-state index contributed by atoms with van der Waals surface area (Å²) in [6.07, 6.45) is 2.81. The van der Waals surface area contributed by atoms with E-state index in [-0.39, 0.29) is 6.04 Å². The first kappa shape index (κ1) is 12.9. The van der Waals surface area contributed by atoms with Crippen molar-refractivity contribution in [2.45, 2.75) is 19.4 Å². The van der Waals surface area contributed by atoms with E-state index in [9.17, 15) is 0 Å². The Morgan fingerprint density at radius 1 is 1.48 bits per heavy atom. The van der Waals surface area contributed by atoms with Crippen molar-refractivity contribution in [2.75, 3.05) is 11.9 Å². The van der Waals surface area contributed by atoms with Gasteiger partial charge in [-0.2, -0.15) is 0 Å². The molecule has 21 heavy (non-hydrogen) atoms. The van der Waals surface area contributed by atoms with Gasteiger partial charge in [0, 0.05) is 12.0 Å². The molecule has 1 aliphatic heterocycles. The van der Waals surface area contributed by atoms with Gasteiger partial charge in [-0.25, -0.2) is 9.50 Å². The van der Waals surface area contributed by atoms with E-state index in [0.717, 1.165) is 33.5 Å². The number of fused-ring (bicyclic) bond motifs is 2. The first-order valence-corrected chi connectivity index (χ1v) is 7.91. The van der Waals surface area contributed by atoms with E-state index in [0.29, 0.717) is 11.6 Å². The Kier molecular flexibility index (Phi) is 3.01. The van der Waals surface area contributed by atoms with Gasteiger partial charge in [-0.3, -0.25) is 0 Å². The second-order valence-electron chi connectivity index (χ2n) is 5.01. The van der Waals surface area contributed by atoms with Crippen LogP contribution in [0.1, 0.15) is 23.7 Å². The van der Waals surface area contributed by atoms with Crippen LogP contribution in [0.3, 0.4) is 0 Å². The van der Waals surface area contributed by atoms with Crippen LogP contribution < -0.4 is 10.1 Å². The summed E-state index contributed by atoms with van der Waals surface area (Å²) in [6.45, 7) is 2.61. The molecule has 0 amide bonds. The average molecular weight is 321 g/mol. The van der Waals surface area contributed by atoms with Crippen LogP contribution in [-0.2, 0) is 0 Å². The van der Waals surface area contributed by atoms with Crippen molar-refractivity contribution in [1.29, 1.82) is 0 Å². The van der Waals surface area contributed by atoms with Crippen LogP contribution in [-0.4, -0.2) is 21.2 Å². The minimum absolute atomic E-state index is 0.157. The van der Waals surface area contributed by atoms with Gasteiger partial charge in [-0.1, -0.05) is 35.1 Å². The SMILES string of the molecule is Cc1cn2nc(NC3CCOc4c(Cl)cccc43)sc2n1. The Bertz CT molecular complexity index is 781. The molecule has 0 radical (unpaired) electrons. The van der Waals surface area contributed by atoms with E-state index in [2.05, 4.69) is 15.4 Å². The molecule has 1 unspecified atom stereocenters. The third kappa shape index (κ3) is 2.24. The zero-order chi connectivity index (χ0) is 14.4. The molecule has 0 aliphatic carbocycles. The van der Waals surface area contributed by atoms with Crippen molar-refractivity contribution in [1.82, 2.24) is 14.6 Å². The number of aromatic nitrogens is 3. The molecule has 0 bridgehead atoms. The molecule has 108 valence electrons. The molecule has 0 saturated heterocycles. The van der Waals surface area contributed by atoms with Gasteiger partial charge in [-0.15, -0.1) is 5.10 Å². The highest BCUT2D eigenvalue weighted by molar-refractivity contribution is 7.20. The van der Waals surface area contributed by atoms with Gasteiger partial charge in [0.1, 0.15) is 5.75 Å². The Morgan fingerprint density at radius 3 is 3.24 bits per heavy atom. The van der Waals surface area contributed by atoms with Gasteiger partial charge in [0.2, 0.25) is 10.1 Å². The lowest BCUT2D eigenvalue weighted by Gasteiger charge is -2.26. The van der Waals surface area contributed by atoms with Crippen LogP contribution in [0.4, 0.5) is 5.13 Å². The maximum absolute atomic E-state index is 6.19. The fourth-order valence-electron chi connectivity index (χ4n) is 2.55. The van der Waals surface area contributed by atoms with Gasteiger partial charge >= 0.3 is 0 Å². The van der Waals surface area contributed by atoms with E-state index in [1.54, 1.807) is 15.9 Å². The number of nitrogens with zero attached hydrogens (tertiary/aromatic N) is 3. The number of anilines is 1. The topological polar surface area (TPSA) is 51.5 Å². The van der Waals surface area contributed by atoms with Crippen molar-refractivity contribution in [3.05, 3.63) is 40.7 Å². The number of aryl methyl sites for hydroxylation is 1. The van der Waals surface area contributed by atoms with E-state index in [4.69, 9.17) is 16.3 Å². The summed E-state index contributed by atoms with van der Waals surface area (Å²) in [7, 11) is 0. The first-order chi connectivity index (χ1) is 10.2. The quantitative estimate of drug-likeness (QED) is 0.782. The fraction of sp³-hybridized carbons (Fsp3) is 0.286. The molecule has 2 aromatic heterocycles. The van der Waals surface area contributed by atoms with Gasteiger partial charge in [0.05, 0.1) is 29.6 Å². The van der Waals surface area contributed by atoms with Crippen molar-refractivity contribution in [3.63, 3.8) is 0 Å². The molecule has 1 atom stereocenters. The van der Waals surface area contributed by atoms with E-state index < -0.39 is 0 Å². The second kappa shape index (κ2) is 4.89. The Labute approximate surface area is 130 Å². The fourth-order valence-corrected chi connectivity index (χ4v) is 3.67. The van der Waals surface area contributed by atoms with Gasteiger partial charge in [-0.05, 0) is 13.0 Å². The molecule has 1 aromatic carbocycles. The second-order valence-corrected chi connectivity index (χ2v) is 6.37. The number of rotatable bonds is 2. The summed E-state index contributed by atoms with van der Waals surface area (Å²) in [5.74, 6) is 0.778. The highest BCUT2D eigenvalue weighted by Gasteiger charge is 2.24. The molecular formula is C14H13ClN4OS. The Balaban J connectivity index is 1.66. The van der Waals surface area contributed by atoms with Crippen molar-refractivity contribution in [3.8, 4) is 5.75 Å². The molecule has 0 fully saturated rings. The van der Waals surface area contributed by atoms with E-state index in [1.807, 2.05) is 31.3 Å². The predicted octanol–water partition coefficient (Wildman–Crippen LogP) is 3.69. The lowest BCUT2D eigenvalue weighted by atomic mass is 10.0. The number of imidazole rings is 1. The number of nitrogens with one attached hydrogen (secondary N) is 1. The van der Waals surface area contributed by atoms with Crippen molar-refractivity contribution in [2.24, 2.45) is 0 Å². The minimum Gasteiger partial charge on any atom is -0.492 e. The largest absolute Gasteiger partial charge is 0.492 e. The Morgan fingerprint density at radius 2 is 2.38 bits per heavy atom. The lowest BCUT2D eigenvalue weighted by molar-refractivity contribution is 0.274. The zero-order valence-electron chi connectivity index (χ0n) is 11.3. The summed E-state index contributed by atoms with van der Waals surface area (Å²) >= 11 is 7.74. The molecule has 0 saturated carbocycles. The standard InChI is InChI=1S/C14H13ClN4OS/c1-8-7-19-14(16-8)21-13(18-19)17-11-5-6-20-12-9(11)3-2-4-10(12)15/h2-4,7,11H,5-6H2,1H3,(H,17,18). The van der Waals surface area contributed by atoms with Crippen LogP contribution in [0.2, 0.25) is 5.02 Å². The minimum atomic E-state index is 0.157. The van der Waals surface area contributed by atoms with Crippen LogP contribution in [0, 0.1) is 6.92 Å². The number of para-hydroxylation sites is 1. The third-order valence-corrected chi connectivity index (χ3v) is 4.64. The molecule has 7 heteroatoms. The molecule has 3 aromatic rings. The van der Waals surface area contributed by atoms with Crippen molar-refractivity contribution < 1.29 is 4.74 Å². The maximum atomic E-state index is 6.19. The Hall–Kier alpha value is -1.79. The number of ether oxygens (including phenoxy) is 1. The monoisotopic (exact) mass is 320 g/mol. The van der Waals surface area contributed by atoms with Crippen LogP contribution in [0.25, 0.3) is 4.96 Å². The third-order valence-electron chi connectivity index (χ3n) is 3.49. The van der Waals surface area contributed by atoms with Gasteiger partial charge < -0.3 is 10.1 Å². The summed E-state index contributed by atoms with van der Waals surface area (Å²) in [4.78, 5) is 5.32. The summed E-state index contributed by atoms with van der Waals surface area (Å²) < 4.78 is 7.48. The number of hydrogen-bond acceptors (Lipinski definition) is 5. The molecule has 0 spiro atoms. The smallest absolute Gasteiger partial charge is 0.214 e. The normalized spacial score (nSPS) is 17.5. The lowest BCUT2D eigenvalue weighted by Crippen LogP contribution is -2.20. The molecular weight excluding hydrogens is 308 g/mol. The summed E-state index contributed by atoms with van der Waals surface area (Å²) in [6, 6.07) is 6.00. The van der Waals surface area contributed by atoms with E-state index >= 15 is 0 Å². The maximum Gasteiger partial charge on any atom is 0.214 e. The summed E-state index contributed by atoms with van der Waals surface area (Å²) in [5, 5.41) is 9.49. The predicted molar refractivity (Wildman–Crippen MR) is 83.5 cm³/mol. The molecule has 4 rings (SSSR count). The van der Waals surface area contributed by atoms with Crippen LogP contribution >= 0.6 is 22.9 Å². The van der Waals surface area contributed by atoms with Gasteiger partial charge in [0.25, 0.3) is 0 Å². The van der Waals surface area contributed by atoms with E-state index in [1.165, 1.54) is 0 Å².